The van der Waals surface area contributed by atoms with Gasteiger partial charge in [-0.05, 0) is 99.1 Å². The second-order valence-corrected chi connectivity index (χ2v) is 14.5. The highest BCUT2D eigenvalue weighted by Gasteiger charge is 2.37. The van der Waals surface area contributed by atoms with E-state index in [4.69, 9.17) is 11.6 Å². The van der Waals surface area contributed by atoms with E-state index in [-0.39, 0.29) is 35.6 Å². The van der Waals surface area contributed by atoms with Gasteiger partial charge in [0, 0.05) is 66.8 Å². The lowest BCUT2D eigenvalue weighted by Gasteiger charge is -2.37. The molecule has 0 spiro atoms. The molecular formula is C39H43ClF3N5O3. The number of carbonyl (C=O) groups excluding carboxylic acids is 3. The molecule has 12 heteroatoms. The zero-order chi connectivity index (χ0) is 36.3. The highest BCUT2D eigenvalue weighted by Crippen LogP contribution is 2.35. The molecule has 2 N–H and O–H groups in total. The molecule has 0 saturated carbocycles. The van der Waals surface area contributed by atoms with E-state index in [1.165, 1.54) is 23.1 Å². The Bertz CT molecular complexity index is 1890. The van der Waals surface area contributed by atoms with Gasteiger partial charge < -0.3 is 25.0 Å². The Kier molecular flexibility index (Phi) is 11.1. The third-order valence-corrected chi connectivity index (χ3v) is 10.3. The van der Waals surface area contributed by atoms with E-state index in [0.29, 0.717) is 50.3 Å². The summed E-state index contributed by atoms with van der Waals surface area (Å²) in [5.41, 5.74) is 2.39. The van der Waals surface area contributed by atoms with Gasteiger partial charge in [-0.1, -0.05) is 41.9 Å². The van der Waals surface area contributed by atoms with Gasteiger partial charge in [-0.2, -0.15) is 13.2 Å². The highest BCUT2D eigenvalue weighted by molar-refractivity contribution is 6.30. The number of fused-ring (bicyclic) bond motifs is 2. The van der Waals surface area contributed by atoms with Gasteiger partial charge in [0.05, 0.1) is 11.1 Å². The van der Waals surface area contributed by atoms with Crippen LogP contribution in [0.5, 0.6) is 0 Å². The lowest BCUT2D eigenvalue weighted by molar-refractivity contribution is -0.138. The summed E-state index contributed by atoms with van der Waals surface area (Å²) in [7, 11) is 4.02. The van der Waals surface area contributed by atoms with Crippen molar-refractivity contribution >= 4 is 45.9 Å². The van der Waals surface area contributed by atoms with E-state index in [2.05, 4.69) is 15.2 Å². The van der Waals surface area contributed by atoms with Crippen LogP contribution in [0.15, 0.2) is 72.9 Å². The first kappa shape index (κ1) is 36.4. The number of H-pyrrole nitrogens is 1. The van der Waals surface area contributed by atoms with Crippen molar-refractivity contribution in [1.29, 1.82) is 0 Å². The third kappa shape index (κ3) is 8.59. The fraction of sp³-hybridized carbons (Fsp3) is 0.410. The average molecular weight is 722 g/mol. The molecule has 0 unspecified atom stereocenters. The standard InChI is InChI=1S/C39H43ClF3N5O3/c1-46(2)23-26-19-27-20-29(40)12-13-35(27)48(24-26)38(51)34(21-28-22-44-33-10-6-4-7-30(28)33)45-36(49)14-11-25-15-17-47(18-16-25)37(50)31-8-3-5-9-32(31)39(41,42)43/h3-10,12-13,20,22,25-26,34,44H,11,14-19,21,23-24H2,1-2H3,(H,45,49)/t26-,34+/m0/s1. The molecule has 3 amide bonds. The van der Waals surface area contributed by atoms with Crippen LogP contribution in [0.1, 0.15) is 52.7 Å². The molecule has 4 aromatic rings. The molecular weight excluding hydrogens is 679 g/mol. The molecule has 2 aliphatic rings. The number of aromatic amines is 1. The van der Waals surface area contributed by atoms with Crippen molar-refractivity contribution in [2.24, 2.45) is 11.8 Å². The van der Waals surface area contributed by atoms with E-state index < -0.39 is 23.7 Å². The number of halogens is 4. The normalized spacial score (nSPS) is 17.4. The average Bonchev–Trinajstić information content (AvgIpc) is 3.51. The maximum atomic E-state index is 14.5. The van der Waals surface area contributed by atoms with Crippen LogP contribution in [0.25, 0.3) is 10.9 Å². The minimum atomic E-state index is -4.62. The van der Waals surface area contributed by atoms with Gasteiger partial charge in [-0.15, -0.1) is 0 Å². The monoisotopic (exact) mass is 721 g/mol. The molecule has 1 fully saturated rings. The van der Waals surface area contributed by atoms with Gasteiger partial charge >= 0.3 is 6.18 Å². The van der Waals surface area contributed by atoms with Gasteiger partial charge in [0.1, 0.15) is 6.04 Å². The van der Waals surface area contributed by atoms with Crippen LogP contribution in [0.4, 0.5) is 18.9 Å². The smallest absolute Gasteiger partial charge is 0.361 e. The Hall–Kier alpha value is -4.35. The second kappa shape index (κ2) is 15.5. The van der Waals surface area contributed by atoms with Crippen LogP contribution in [0.2, 0.25) is 5.02 Å². The molecule has 1 saturated heterocycles. The molecule has 1 aromatic heterocycles. The molecule has 0 aliphatic carbocycles. The van der Waals surface area contributed by atoms with Crippen molar-refractivity contribution in [3.63, 3.8) is 0 Å². The first-order valence-electron chi connectivity index (χ1n) is 17.4. The summed E-state index contributed by atoms with van der Waals surface area (Å²) >= 11 is 6.38. The number of nitrogens with one attached hydrogen (secondary N) is 2. The predicted octanol–water partition coefficient (Wildman–Crippen LogP) is 6.97. The molecule has 3 heterocycles. The number of hydrogen-bond acceptors (Lipinski definition) is 4. The number of piperidine rings is 1. The summed E-state index contributed by atoms with van der Waals surface area (Å²) in [6.07, 6.45) is 0.224. The number of anilines is 1. The fourth-order valence-electron chi connectivity index (χ4n) is 7.58. The first-order chi connectivity index (χ1) is 24.4. The quantitative estimate of drug-likeness (QED) is 0.185. The Labute approximate surface area is 300 Å². The molecule has 8 nitrogen and oxygen atoms in total. The van der Waals surface area contributed by atoms with Crippen molar-refractivity contribution < 1.29 is 27.6 Å². The second-order valence-electron chi connectivity index (χ2n) is 14.1. The number of carbonyl (C=O) groups is 3. The number of rotatable bonds is 10. The lowest BCUT2D eigenvalue weighted by atomic mass is 9.90. The summed E-state index contributed by atoms with van der Waals surface area (Å²) in [6.45, 7) is 1.92. The van der Waals surface area contributed by atoms with Gasteiger partial charge in [0.2, 0.25) is 11.8 Å². The van der Waals surface area contributed by atoms with E-state index in [0.717, 1.165) is 46.7 Å². The molecule has 0 radical (unpaired) electrons. The number of likely N-dealkylation sites (tertiary alicyclic amines) is 1. The topological polar surface area (TPSA) is 88.8 Å². The van der Waals surface area contributed by atoms with Crippen molar-refractivity contribution in [3.8, 4) is 0 Å². The number of alkyl halides is 3. The number of nitrogens with zero attached hydrogens (tertiary/aromatic N) is 3. The first-order valence-corrected chi connectivity index (χ1v) is 17.8. The maximum absolute atomic E-state index is 14.5. The zero-order valence-electron chi connectivity index (χ0n) is 28.8. The van der Waals surface area contributed by atoms with Crippen molar-refractivity contribution in [2.45, 2.75) is 50.7 Å². The highest BCUT2D eigenvalue weighted by atomic mass is 35.5. The van der Waals surface area contributed by atoms with E-state index in [1.807, 2.05) is 56.7 Å². The van der Waals surface area contributed by atoms with Crippen LogP contribution >= 0.6 is 11.6 Å². The van der Waals surface area contributed by atoms with Gasteiger partial charge in [-0.25, -0.2) is 0 Å². The van der Waals surface area contributed by atoms with Crippen LogP contribution in [0.3, 0.4) is 0 Å². The number of benzene rings is 3. The summed E-state index contributed by atoms with van der Waals surface area (Å²) in [5.74, 6) is -0.771. The molecule has 0 bridgehead atoms. The summed E-state index contributed by atoms with van der Waals surface area (Å²) < 4.78 is 40.6. The molecule has 2 aliphatic heterocycles. The van der Waals surface area contributed by atoms with Crippen LogP contribution in [-0.2, 0) is 28.6 Å². The fourth-order valence-corrected chi connectivity index (χ4v) is 7.78. The van der Waals surface area contributed by atoms with Crippen molar-refractivity contribution in [2.75, 3.05) is 45.2 Å². The van der Waals surface area contributed by atoms with Crippen LogP contribution in [-0.4, -0.2) is 78.8 Å². The van der Waals surface area contributed by atoms with E-state index in [9.17, 15) is 27.6 Å². The molecule has 3 aromatic carbocycles. The van der Waals surface area contributed by atoms with Crippen LogP contribution in [0, 0.1) is 11.8 Å². The Morgan fingerprint density at radius 2 is 1.73 bits per heavy atom. The molecule has 51 heavy (non-hydrogen) atoms. The Morgan fingerprint density at radius 3 is 2.47 bits per heavy atom. The maximum Gasteiger partial charge on any atom is 0.417 e. The zero-order valence-corrected chi connectivity index (χ0v) is 29.6. The Balaban J connectivity index is 1.14. The van der Waals surface area contributed by atoms with E-state index in [1.54, 1.807) is 11.0 Å². The third-order valence-electron chi connectivity index (χ3n) is 10.0. The lowest BCUT2D eigenvalue weighted by Crippen LogP contribution is -2.53. The minimum absolute atomic E-state index is 0.117. The minimum Gasteiger partial charge on any atom is -0.361 e. The summed E-state index contributed by atoms with van der Waals surface area (Å²) in [6, 6.07) is 17.5. The number of amides is 3. The summed E-state index contributed by atoms with van der Waals surface area (Å²) in [4.78, 5) is 49.8. The molecule has 2 atom stereocenters. The molecule has 270 valence electrons. The summed E-state index contributed by atoms with van der Waals surface area (Å²) in [5, 5.41) is 4.67. The predicted molar refractivity (Wildman–Crippen MR) is 193 cm³/mol. The van der Waals surface area contributed by atoms with E-state index >= 15 is 0 Å². The largest absolute Gasteiger partial charge is 0.417 e. The number of hydrogen-bond donors (Lipinski definition) is 2. The SMILES string of the molecule is CN(C)C[C@@H]1Cc2cc(Cl)ccc2N(C(=O)[C@@H](Cc2c[nH]c3ccccc23)NC(=O)CCC2CCN(C(=O)c3ccccc3C(F)(F)F)CC2)C1. The van der Waals surface area contributed by atoms with Gasteiger partial charge in [0.15, 0.2) is 0 Å². The van der Waals surface area contributed by atoms with Gasteiger partial charge in [-0.3, -0.25) is 14.4 Å². The van der Waals surface area contributed by atoms with Gasteiger partial charge in [0.25, 0.3) is 5.91 Å². The Morgan fingerprint density at radius 1 is 1.00 bits per heavy atom. The van der Waals surface area contributed by atoms with Crippen molar-refractivity contribution in [1.82, 2.24) is 20.1 Å². The number of para-hydroxylation sites is 1. The van der Waals surface area contributed by atoms with Crippen molar-refractivity contribution in [3.05, 3.63) is 100 Å². The van der Waals surface area contributed by atoms with Crippen LogP contribution < -0.4 is 10.2 Å². The molecule has 6 rings (SSSR count). The number of aromatic nitrogens is 1.